The zero-order valence-electron chi connectivity index (χ0n) is 15.0. The molecule has 128 valence electrons. The Morgan fingerprint density at radius 2 is 1.72 bits per heavy atom. The summed E-state index contributed by atoms with van der Waals surface area (Å²) < 4.78 is 0. The maximum atomic E-state index is 8.90. The molecule has 0 bridgehead atoms. The number of likely N-dealkylation sites (tertiary alicyclic amines) is 1. The minimum absolute atomic E-state index is 0.716. The van der Waals surface area contributed by atoms with Gasteiger partial charge in [0.05, 0.1) is 11.6 Å². The van der Waals surface area contributed by atoms with Crippen molar-refractivity contribution in [3.05, 3.63) is 59.7 Å². The Bertz CT molecular complexity index is 754. The van der Waals surface area contributed by atoms with Crippen molar-refractivity contribution in [2.45, 2.75) is 44.6 Å². The topological polar surface area (TPSA) is 27.0 Å². The van der Waals surface area contributed by atoms with E-state index in [1.54, 1.807) is 0 Å². The van der Waals surface area contributed by atoms with Gasteiger partial charge >= 0.3 is 0 Å². The van der Waals surface area contributed by atoms with Crippen LogP contribution in [0.1, 0.15) is 49.7 Å². The van der Waals surface area contributed by atoms with Crippen LogP contribution >= 0.6 is 0 Å². The van der Waals surface area contributed by atoms with Crippen molar-refractivity contribution in [3.63, 3.8) is 0 Å². The molecule has 0 radical (unpaired) electrons. The average Bonchev–Trinajstić information content (AvgIpc) is 3.33. The number of benzene rings is 2. The second-order valence-electron chi connectivity index (χ2n) is 7.73. The lowest BCUT2D eigenvalue weighted by atomic mass is 10.0. The highest BCUT2D eigenvalue weighted by Gasteiger charge is 2.38. The maximum Gasteiger partial charge on any atom is 0.0991 e. The molecule has 25 heavy (non-hydrogen) atoms. The van der Waals surface area contributed by atoms with Gasteiger partial charge in [-0.25, -0.2) is 0 Å². The lowest BCUT2D eigenvalue weighted by molar-refractivity contribution is 0.260. The van der Waals surface area contributed by atoms with E-state index in [1.807, 2.05) is 24.3 Å². The van der Waals surface area contributed by atoms with Crippen LogP contribution in [-0.2, 0) is 0 Å². The summed E-state index contributed by atoms with van der Waals surface area (Å²) in [5.74, 6) is 1.65. The predicted molar refractivity (Wildman–Crippen MR) is 102 cm³/mol. The van der Waals surface area contributed by atoms with E-state index in [1.165, 1.54) is 55.5 Å². The maximum absolute atomic E-state index is 8.90. The predicted octanol–water partition coefficient (Wildman–Crippen LogP) is 5.20. The molecule has 1 aliphatic heterocycles. The molecule has 4 rings (SSSR count). The van der Waals surface area contributed by atoms with Gasteiger partial charge in [-0.05, 0) is 86.4 Å². The molecule has 2 heteroatoms. The molecule has 0 N–H and O–H groups in total. The van der Waals surface area contributed by atoms with Crippen molar-refractivity contribution in [1.29, 1.82) is 5.26 Å². The van der Waals surface area contributed by atoms with Crippen molar-refractivity contribution >= 4 is 0 Å². The molecule has 1 saturated heterocycles. The van der Waals surface area contributed by atoms with Crippen LogP contribution < -0.4 is 0 Å². The highest BCUT2D eigenvalue weighted by atomic mass is 15.2. The Morgan fingerprint density at radius 1 is 1.04 bits per heavy atom. The summed E-state index contributed by atoms with van der Waals surface area (Å²) in [5, 5.41) is 8.90. The lowest BCUT2D eigenvalue weighted by Crippen LogP contribution is -2.28. The third-order valence-electron chi connectivity index (χ3n) is 6.09. The van der Waals surface area contributed by atoms with Crippen LogP contribution in [0, 0.1) is 17.2 Å². The molecule has 2 aliphatic rings. The zero-order chi connectivity index (χ0) is 17.2. The fourth-order valence-electron chi connectivity index (χ4n) is 4.29. The third-order valence-corrected chi connectivity index (χ3v) is 6.09. The van der Waals surface area contributed by atoms with Crippen LogP contribution in [0.5, 0.6) is 0 Å². The summed E-state index contributed by atoms with van der Waals surface area (Å²) in [5.41, 5.74) is 4.63. The number of hydrogen-bond acceptors (Lipinski definition) is 2. The van der Waals surface area contributed by atoms with Gasteiger partial charge in [0.15, 0.2) is 0 Å². The molecule has 0 amide bonds. The second-order valence-corrected chi connectivity index (χ2v) is 7.73. The molecule has 2 aromatic carbocycles. The van der Waals surface area contributed by atoms with Crippen LogP contribution in [0.4, 0.5) is 0 Å². The molecule has 3 atom stereocenters. The van der Waals surface area contributed by atoms with Gasteiger partial charge in [-0.1, -0.05) is 36.4 Å². The van der Waals surface area contributed by atoms with Gasteiger partial charge in [0, 0.05) is 6.04 Å². The Morgan fingerprint density at radius 3 is 2.32 bits per heavy atom. The molecule has 1 heterocycles. The molecule has 0 aromatic heterocycles. The van der Waals surface area contributed by atoms with Crippen molar-refractivity contribution in [2.75, 3.05) is 13.1 Å². The monoisotopic (exact) mass is 330 g/mol. The van der Waals surface area contributed by atoms with Crippen LogP contribution in [0.3, 0.4) is 0 Å². The van der Waals surface area contributed by atoms with E-state index in [0.717, 1.165) is 17.9 Å². The van der Waals surface area contributed by atoms with Crippen LogP contribution in [0.15, 0.2) is 48.5 Å². The first-order chi connectivity index (χ1) is 12.2. The van der Waals surface area contributed by atoms with E-state index in [-0.39, 0.29) is 0 Å². The molecule has 2 nitrogen and oxygen atoms in total. The first-order valence-electron chi connectivity index (χ1n) is 9.59. The van der Waals surface area contributed by atoms with E-state index in [4.69, 9.17) is 5.26 Å². The van der Waals surface area contributed by atoms with E-state index in [9.17, 15) is 0 Å². The largest absolute Gasteiger partial charge is 0.301 e. The molecular weight excluding hydrogens is 304 g/mol. The van der Waals surface area contributed by atoms with Crippen molar-refractivity contribution in [1.82, 2.24) is 4.90 Å². The number of rotatable bonds is 5. The van der Waals surface area contributed by atoms with E-state index >= 15 is 0 Å². The third kappa shape index (κ3) is 3.62. The molecular formula is C23H26N2. The summed E-state index contributed by atoms with van der Waals surface area (Å²) in [6.07, 6.45) is 5.47. The number of nitriles is 1. The minimum Gasteiger partial charge on any atom is -0.301 e. The van der Waals surface area contributed by atoms with Crippen molar-refractivity contribution in [2.24, 2.45) is 5.92 Å². The zero-order valence-corrected chi connectivity index (χ0v) is 15.0. The molecule has 2 fully saturated rings. The Hall–Kier alpha value is -2.11. The Labute approximate surface area is 151 Å². The van der Waals surface area contributed by atoms with Gasteiger partial charge in [-0.2, -0.15) is 5.26 Å². The minimum atomic E-state index is 0.716. The highest BCUT2D eigenvalue weighted by Crippen LogP contribution is 2.50. The van der Waals surface area contributed by atoms with E-state index < -0.39 is 0 Å². The van der Waals surface area contributed by atoms with Crippen molar-refractivity contribution in [3.8, 4) is 17.2 Å². The van der Waals surface area contributed by atoms with Crippen LogP contribution in [-0.4, -0.2) is 24.0 Å². The highest BCUT2D eigenvalue weighted by molar-refractivity contribution is 5.64. The number of nitrogens with zero attached hydrogens (tertiary/aromatic N) is 2. The van der Waals surface area contributed by atoms with Gasteiger partial charge < -0.3 is 4.90 Å². The summed E-state index contributed by atoms with van der Waals surface area (Å²) in [4.78, 5) is 2.67. The summed E-state index contributed by atoms with van der Waals surface area (Å²) >= 11 is 0. The standard InChI is InChI=1S/C23H26N2/c1-17-3-2-13-25(17)14-12-22-15-23(22)21-10-8-20(9-11-21)19-6-4-18(16-24)5-7-19/h4-11,17,22-23H,2-3,12-15H2,1H3/t17?,22-,23+/m0/s1. The van der Waals surface area contributed by atoms with Crippen LogP contribution in [0.2, 0.25) is 0 Å². The summed E-state index contributed by atoms with van der Waals surface area (Å²) in [6, 6.07) is 19.9. The summed E-state index contributed by atoms with van der Waals surface area (Å²) in [6.45, 7) is 4.96. The van der Waals surface area contributed by atoms with E-state index in [0.29, 0.717) is 5.56 Å². The number of hydrogen-bond donors (Lipinski definition) is 0. The normalized spacial score (nSPS) is 25.7. The van der Waals surface area contributed by atoms with Crippen LogP contribution in [0.25, 0.3) is 11.1 Å². The first-order valence-corrected chi connectivity index (χ1v) is 9.59. The molecule has 1 unspecified atom stereocenters. The van der Waals surface area contributed by atoms with Gasteiger partial charge in [-0.3, -0.25) is 0 Å². The van der Waals surface area contributed by atoms with Gasteiger partial charge in [0.25, 0.3) is 0 Å². The molecule has 0 spiro atoms. The lowest BCUT2D eigenvalue weighted by Gasteiger charge is -2.20. The smallest absolute Gasteiger partial charge is 0.0991 e. The molecule has 1 saturated carbocycles. The molecule has 1 aliphatic carbocycles. The fraction of sp³-hybridized carbons (Fsp3) is 0.435. The fourth-order valence-corrected chi connectivity index (χ4v) is 4.29. The van der Waals surface area contributed by atoms with E-state index in [2.05, 4.69) is 42.2 Å². The first kappa shape index (κ1) is 16.4. The quantitative estimate of drug-likeness (QED) is 0.753. The summed E-state index contributed by atoms with van der Waals surface area (Å²) in [7, 11) is 0. The Balaban J connectivity index is 1.34. The van der Waals surface area contributed by atoms with Gasteiger partial charge in [-0.15, -0.1) is 0 Å². The van der Waals surface area contributed by atoms with Gasteiger partial charge in [0.2, 0.25) is 0 Å². The van der Waals surface area contributed by atoms with Crippen molar-refractivity contribution < 1.29 is 0 Å². The average molecular weight is 330 g/mol. The SMILES string of the molecule is CC1CCCN1CC[C@H]1C[C@@H]1c1ccc(-c2ccc(C#N)cc2)cc1. The Kier molecular flexibility index (Phi) is 4.59. The molecule has 2 aromatic rings. The second kappa shape index (κ2) is 7.02. The van der Waals surface area contributed by atoms with Gasteiger partial charge in [0.1, 0.15) is 0 Å².